The van der Waals surface area contributed by atoms with Crippen LogP contribution in [-0.4, -0.2) is 64.6 Å². The van der Waals surface area contributed by atoms with Gasteiger partial charge >= 0.3 is 11.9 Å². The molecule has 0 bridgehead atoms. The summed E-state index contributed by atoms with van der Waals surface area (Å²) in [5, 5.41) is 30.7. The number of unbranched alkanes of at least 4 members (excludes halogenated alkanes) is 23. The van der Waals surface area contributed by atoms with Crippen molar-refractivity contribution in [2.45, 2.75) is 231 Å². The van der Waals surface area contributed by atoms with Gasteiger partial charge < -0.3 is 24.8 Å². The van der Waals surface area contributed by atoms with Crippen molar-refractivity contribution in [1.82, 2.24) is 0 Å². The smallest absolute Gasteiger partial charge is 0.305 e. The SMILES string of the molecule is CCCCCCCCCCCCCCCCCCCCCC(=O)OC[C@@H](O)COC(=O)CCCCCC[C@H]1[C@@H](O)CC(=O)[C@@H]1/C=C/[C@@H](O)CCCCC. The van der Waals surface area contributed by atoms with Crippen LogP contribution >= 0.6 is 0 Å². The molecule has 0 aliphatic heterocycles. The first-order chi connectivity index (χ1) is 25.8. The number of hydrogen-bond donors (Lipinski definition) is 3. The van der Waals surface area contributed by atoms with Gasteiger partial charge in [-0.1, -0.05) is 180 Å². The van der Waals surface area contributed by atoms with E-state index in [1.165, 1.54) is 103 Å². The molecule has 1 aliphatic carbocycles. The molecule has 1 saturated carbocycles. The summed E-state index contributed by atoms with van der Waals surface area (Å²) in [6.45, 7) is 4.03. The van der Waals surface area contributed by atoms with Gasteiger partial charge in [-0.2, -0.15) is 0 Å². The van der Waals surface area contributed by atoms with Crippen LogP contribution in [0.25, 0.3) is 0 Å². The summed E-state index contributed by atoms with van der Waals surface area (Å²) in [6, 6.07) is 0. The van der Waals surface area contributed by atoms with E-state index in [2.05, 4.69) is 13.8 Å². The fourth-order valence-corrected chi connectivity index (χ4v) is 7.46. The van der Waals surface area contributed by atoms with Crippen molar-refractivity contribution in [3.05, 3.63) is 12.2 Å². The quantitative estimate of drug-likeness (QED) is 0.0325. The summed E-state index contributed by atoms with van der Waals surface area (Å²) < 4.78 is 10.3. The third-order valence-corrected chi connectivity index (χ3v) is 10.9. The number of aliphatic hydroxyl groups excluding tert-OH is 3. The zero-order chi connectivity index (χ0) is 38.8. The summed E-state index contributed by atoms with van der Waals surface area (Å²) in [4.78, 5) is 36.6. The maximum absolute atomic E-state index is 12.4. The molecule has 0 aromatic rings. The van der Waals surface area contributed by atoms with Crippen LogP contribution in [0, 0.1) is 11.8 Å². The molecule has 1 fully saturated rings. The van der Waals surface area contributed by atoms with E-state index >= 15 is 0 Å². The number of esters is 2. The maximum Gasteiger partial charge on any atom is 0.305 e. The predicted molar refractivity (Wildman–Crippen MR) is 216 cm³/mol. The Kier molecular flexibility index (Phi) is 32.2. The van der Waals surface area contributed by atoms with Crippen molar-refractivity contribution in [3.63, 3.8) is 0 Å². The van der Waals surface area contributed by atoms with Crippen LogP contribution in [0.4, 0.5) is 0 Å². The number of Topliss-reactive ketones (excluding diaryl/α,β-unsaturated/α-hetero) is 1. The fraction of sp³-hybridized carbons (Fsp3) is 0.889. The monoisotopic (exact) mass is 751 g/mol. The lowest BCUT2D eigenvalue weighted by Crippen LogP contribution is -2.25. The van der Waals surface area contributed by atoms with E-state index in [1.54, 1.807) is 12.2 Å². The molecule has 3 N–H and O–H groups in total. The molecular weight excluding hydrogens is 668 g/mol. The molecule has 310 valence electrons. The van der Waals surface area contributed by atoms with Crippen LogP contribution in [0.15, 0.2) is 12.2 Å². The molecule has 0 unspecified atom stereocenters. The van der Waals surface area contributed by atoms with Gasteiger partial charge in [0.25, 0.3) is 0 Å². The molecule has 0 aromatic carbocycles. The fourth-order valence-electron chi connectivity index (χ4n) is 7.46. The minimum Gasteiger partial charge on any atom is -0.463 e. The lowest BCUT2D eigenvalue weighted by molar-refractivity contribution is -0.152. The van der Waals surface area contributed by atoms with Gasteiger partial charge in [-0.05, 0) is 31.6 Å². The Morgan fingerprint density at radius 3 is 1.47 bits per heavy atom. The highest BCUT2D eigenvalue weighted by molar-refractivity contribution is 5.86. The summed E-state index contributed by atoms with van der Waals surface area (Å²) in [6.07, 6.45) is 34.6. The van der Waals surface area contributed by atoms with Crippen LogP contribution in [0.3, 0.4) is 0 Å². The van der Waals surface area contributed by atoms with Crippen molar-refractivity contribution < 1.29 is 39.2 Å². The zero-order valence-electron chi connectivity index (χ0n) is 34.3. The van der Waals surface area contributed by atoms with Crippen LogP contribution < -0.4 is 0 Å². The minimum atomic E-state index is -1.03. The molecule has 0 spiro atoms. The Bertz CT molecular complexity index is 920. The van der Waals surface area contributed by atoms with Crippen LogP contribution in [0.5, 0.6) is 0 Å². The van der Waals surface area contributed by atoms with E-state index in [1.807, 2.05) is 0 Å². The van der Waals surface area contributed by atoms with Gasteiger partial charge in [0, 0.05) is 25.2 Å². The molecule has 53 heavy (non-hydrogen) atoms. The Hall–Kier alpha value is -1.77. The molecule has 0 heterocycles. The van der Waals surface area contributed by atoms with Gasteiger partial charge in [-0.25, -0.2) is 0 Å². The Balaban J connectivity index is 1.95. The molecule has 0 aromatic heterocycles. The van der Waals surface area contributed by atoms with Crippen molar-refractivity contribution in [2.24, 2.45) is 11.8 Å². The van der Waals surface area contributed by atoms with Gasteiger partial charge in [0.1, 0.15) is 25.1 Å². The second kappa shape index (κ2) is 34.7. The van der Waals surface area contributed by atoms with Crippen molar-refractivity contribution in [3.8, 4) is 0 Å². The van der Waals surface area contributed by atoms with E-state index in [4.69, 9.17) is 9.47 Å². The van der Waals surface area contributed by atoms with Crippen molar-refractivity contribution in [2.75, 3.05) is 13.2 Å². The van der Waals surface area contributed by atoms with E-state index < -0.39 is 18.3 Å². The highest BCUT2D eigenvalue weighted by Gasteiger charge is 2.39. The molecule has 8 nitrogen and oxygen atoms in total. The van der Waals surface area contributed by atoms with Crippen molar-refractivity contribution >= 4 is 17.7 Å². The van der Waals surface area contributed by atoms with E-state index in [0.717, 1.165) is 64.2 Å². The molecule has 8 heteroatoms. The average Bonchev–Trinajstić information content (AvgIpc) is 3.41. The lowest BCUT2D eigenvalue weighted by atomic mass is 9.88. The number of allylic oxidation sites excluding steroid dienone is 1. The Morgan fingerprint density at radius 1 is 0.623 bits per heavy atom. The number of ketones is 1. The topological polar surface area (TPSA) is 130 Å². The Labute approximate surface area is 324 Å². The first-order valence-electron chi connectivity index (χ1n) is 22.3. The highest BCUT2D eigenvalue weighted by atomic mass is 16.6. The number of ether oxygens (including phenoxy) is 2. The maximum atomic E-state index is 12.4. The summed E-state index contributed by atoms with van der Waals surface area (Å²) >= 11 is 0. The number of aliphatic hydroxyl groups is 3. The van der Waals surface area contributed by atoms with Crippen molar-refractivity contribution in [1.29, 1.82) is 0 Å². The van der Waals surface area contributed by atoms with Gasteiger partial charge in [0.2, 0.25) is 0 Å². The number of carbonyl (C=O) groups excluding carboxylic acids is 3. The summed E-state index contributed by atoms with van der Waals surface area (Å²) in [5.41, 5.74) is 0. The third kappa shape index (κ3) is 28.3. The molecule has 1 aliphatic rings. The normalized spacial score (nSPS) is 18.5. The molecule has 0 saturated heterocycles. The van der Waals surface area contributed by atoms with Gasteiger partial charge in [0.15, 0.2) is 0 Å². The molecule has 1 rings (SSSR count). The van der Waals surface area contributed by atoms with Gasteiger partial charge in [-0.3, -0.25) is 14.4 Å². The highest BCUT2D eigenvalue weighted by Crippen LogP contribution is 2.34. The van der Waals surface area contributed by atoms with E-state index in [-0.39, 0.29) is 55.6 Å². The number of hydrogen-bond acceptors (Lipinski definition) is 8. The van der Waals surface area contributed by atoms with Gasteiger partial charge in [-0.15, -0.1) is 0 Å². The second-order valence-electron chi connectivity index (χ2n) is 16.0. The molecular formula is C45H82O8. The van der Waals surface area contributed by atoms with E-state index in [0.29, 0.717) is 19.3 Å². The molecule has 0 radical (unpaired) electrons. The van der Waals surface area contributed by atoms with Crippen LogP contribution in [0.2, 0.25) is 0 Å². The predicted octanol–water partition coefficient (Wildman–Crippen LogP) is 10.7. The molecule has 5 atom stereocenters. The largest absolute Gasteiger partial charge is 0.463 e. The first-order valence-corrected chi connectivity index (χ1v) is 22.3. The minimum absolute atomic E-state index is 0.0371. The lowest BCUT2D eigenvalue weighted by Gasteiger charge is -2.19. The zero-order valence-corrected chi connectivity index (χ0v) is 34.3. The Morgan fingerprint density at radius 2 is 1.02 bits per heavy atom. The number of carbonyl (C=O) groups is 3. The first kappa shape index (κ1) is 49.2. The molecule has 0 amide bonds. The summed E-state index contributed by atoms with van der Waals surface area (Å²) in [7, 11) is 0. The average molecular weight is 751 g/mol. The second-order valence-corrected chi connectivity index (χ2v) is 16.0. The summed E-state index contributed by atoms with van der Waals surface area (Å²) in [5.74, 6) is -1.14. The van der Waals surface area contributed by atoms with E-state index in [9.17, 15) is 29.7 Å². The van der Waals surface area contributed by atoms with Gasteiger partial charge in [0.05, 0.1) is 12.2 Å². The van der Waals surface area contributed by atoms with Crippen LogP contribution in [0.1, 0.15) is 213 Å². The standard InChI is InChI=1S/C45H82O8/c1-3-5-7-8-9-10-11-12-13-14-15-16-17-18-19-20-21-22-27-31-44(50)52-36-39(47)37-53-45(51)32-28-24-23-26-30-40-41(43(49)35-42(40)48)34-33-38(46)29-25-6-4-2/h33-34,38-42,46-48H,3-32,35-37H2,1-2H3/b34-33+/t38-,39+,40+,41+,42-/m0/s1. The number of rotatable bonds is 37. The third-order valence-electron chi connectivity index (χ3n) is 10.9. The van der Waals surface area contributed by atoms with Crippen LogP contribution in [-0.2, 0) is 23.9 Å².